The van der Waals surface area contributed by atoms with Crippen molar-refractivity contribution in [2.24, 2.45) is 0 Å². The molecule has 1 aromatic heterocycles. The maximum Gasteiger partial charge on any atom is 0.197 e. The van der Waals surface area contributed by atoms with Gasteiger partial charge in [0.15, 0.2) is 16.9 Å². The molecule has 118 valence electrons. The molecule has 0 radical (unpaired) electrons. The molecule has 0 atom stereocenters. The van der Waals surface area contributed by atoms with Gasteiger partial charge in [-0.15, -0.1) is 0 Å². The van der Waals surface area contributed by atoms with E-state index in [2.05, 4.69) is 5.32 Å². The fourth-order valence-electron chi connectivity index (χ4n) is 2.37. The number of fused-ring (bicyclic) bond motifs is 1. The Morgan fingerprint density at radius 2 is 1.74 bits per heavy atom. The Labute approximate surface area is 133 Å². The predicted molar refractivity (Wildman–Crippen MR) is 89.4 cm³/mol. The van der Waals surface area contributed by atoms with Crippen molar-refractivity contribution in [2.75, 3.05) is 19.5 Å². The minimum absolute atomic E-state index is 0.0874. The normalized spacial score (nSPS) is 10.5. The van der Waals surface area contributed by atoms with E-state index >= 15 is 0 Å². The molecule has 0 spiro atoms. The fraction of sp³-hybridized carbons (Fsp3) is 0.167. The Morgan fingerprint density at radius 1 is 1.04 bits per heavy atom. The van der Waals surface area contributed by atoms with E-state index in [-0.39, 0.29) is 5.43 Å². The minimum atomic E-state index is -0.0874. The Kier molecular flexibility index (Phi) is 4.19. The van der Waals surface area contributed by atoms with Crippen LogP contribution in [0.5, 0.6) is 11.5 Å². The second-order valence-corrected chi connectivity index (χ2v) is 5.01. The number of nitrogens with one attached hydrogen (secondary N) is 1. The number of ether oxygens (including phenoxy) is 2. The molecule has 3 aromatic rings. The lowest BCUT2D eigenvalue weighted by molar-refractivity contribution is 0.355. The highest BCUT2D eigenvalue weighted by atomic mass is 16.5. The first-order valence-corrected chi connectivity index (χ1v) is 7.18. The minimum Gasteiger partial charge on any atom is -0.493 e. The summed E-state index contributed by atoms with van der Waals surface area (Å²) in [6, 6.07) is 13.0. The van der Waals surface area contributed by atoms with Crippen LogP contribution in [0.4, 0.5) is 5.69 Å². The zero-order chi connectivity index (χ0) is 16.2. The summed E-state index contributed by atoms with van der Waals surface area (Å²) in [6.45, 7) is 0.386. The van der Waals surface area contributed by atoms with Crippen molar-refractivity contribution in [1.29, 1.82) is 0 Å². The van der Waals surface area contributed by atoms with E-state index in [4.69, 9.17) is 13.9 Å². The Hall–Kier alpha value is -2.95. The van der Waals surface area contributed by atoms with Crippen molar-refractivity contribution < 1.29 is 13.9 Å². The van der Waals surface area contributed by atoms with E-state index in [0.29, 0.717) is 34.6 Å². The first-order valence-electron chi connectivity index (χ1n) is 7.18. The molecule has 5 heteroatoms. The molecule has 0 unspecified atom stereocenters. The fourth-order valence-corrected chi connectivity index (χ4v) is 2.37. The summed E-state index contributed by atoms with van der Waals surface area (Å²) >= 11 is 0. The van der Waals surface area contributed by atoms with E-state index in [1.54, 1.807) is 19.2 Å². The van der Waals surface area contributed by atoms with Crippen LogP contribution in [0, 0.1) is 0 Å². The van der Waals surface area contributed by atoms with Gasteiger partial charge in [-0.2, -0.15) is 0 Å². The van der Waals surface area contributed by atoms with Crippen LogP contribution < -0.4 is 20.2 Å². The first kappa shape index (κ1) is 15.0. The first-order chi connectivity index (χ1) is 11.2. The molecule has 3 rings (SSSR count). The van der Waals surface area contributed by atoms with Crippen molar-refractivity contribution in [1.82, 2.24) is 0 Å². The molecule has 1 N–H and O–H groups in total. The second kappa shape index (κ2) is 6.44. The zero-order valence-electron chi connectivity index (χ0n) is 13.0. The third kappa shape index (κ3) is 2.99. The molecule has 0 aliphatic rings. The topological polar surface area (TPSA) is 60.7 Å². The zero-order valence-corrected chi connectivity index (χ0v) is 13.0. The molecular formula is C18H17NO4. The van der Waals surface area contributed by atoms with Gasteiger partial charge in [0.1, 0.15) is 5.58 Å². The number of hydrogen-bond acceptors (Lipinski definition) is 5. The third-order valence-electron chi connectivity index (χ3n) is 3.61. The van der Waals surface area contributed by atoms with Crippen LogP contribution in [0.2, 0.25) is 0 Å². The van der Waals surface area contributed by atoms with Crippen LogP contribution >= 0.6 is 0 Å². The molecule has 0 aliphatic carbocycles. The molecule has 2 aromatic carbocycles. The van der Waals surface area contributed by atoms with Gasteiger partial charge in [-0.3, -0.25) is 4.79 Å². The molecular weight excluding hydrogens is 294 g/mol. The highest BCUT2D eigenvalue weighted by molar-refractivity contribution is 5.81. The predicted octanol–water partition coefficient (Wildman–Crippen LogP) is 3.42. The van der Waals surface area contributed by atoms with Crippen molar-refractivity contribution in [2.45, 2.75) is 6.54 Å². The summed E-state index contributed by atoms with van der Waals surface area (Å²) in [5, 5.41) is 3.67. The number of hydrogen-bond donors (Lipinski definition) is 1. The van der Waals surface area contributed by atoms with Gasteiger partial charge in [0.25, 0.3) is 0 Å². The summed E-state index contributed by atoms with van der Waals surface area (Å²) in [5.74, 6) is 1.03. The molecule has 5 nitrogen and oxygen atoms in total. The van der Waals surface area contributed by atoms with Crippen LogP contribution in [0.1, 0.15) is 5.56 Å². The summed E-state index contributed by atoms with van der Waals surface area (Å²) in [6.07, 6.45) is 1.48. The van der Waals surface area contributed by atoms with Gasteiger partial charge >= 0.3 is 0 Å². The summed E-state index contributed by atoms with van der Waals surface area (Å²) in [4.78, 5) is 12.6. The van der Waals surface area contributed by atoms with Gasteiger partial charge in [-0.05, 0) is 18.2 Å². The van der Waals surface area contributed by atoms with E-state index in [9.17, 15) is 4.79 Å². The SMILES string of the molecule is COc1cc2occ(CNc3ccccc3)c(=O)c2cc1OC. The largest absolute Gasteiger partial charge is 0.493 e. The van der Waals surface area contributed by atoms with Crippen LogP contribution in [0.25, 0.3) is 11.0 Å². The van der Waals surface area contributed by atoms with Gasteiger partial charge in [0.05, 0.1) is 31.4 Å². The Balaban J connectivity index is 1.96. The smallest absolute Gasteiger partial charge is 0.197 e. The van der Waals surface area contributed by atoms with Crippen LogP contribution in [-0.4, -0.2) is 14.2 Å². The van der Waals surface area contributed by atoms with Crippen LogP contribution in [0.3, 0.4) is 0 Å². The lowest BCUT2D eigenvalue weighted by Gasteiger charge is -2.10. The van der Waals surface area contributed by atoms with Gasteiger partial charge in [0.2, 0.25) is 0 Å². The van der Waals surface area contributed by atoms with E-state index in [1.807, 2.05) is 30.3 Å². The maximum atomic E-state index is 12.6. The Morgan fingerprint density at radius 3 is 2.43 bits per heavy atom. The summed E-state index contributed by atoms with van der Waals surface area (Å²) in [5.41, 5.74) is 1.87. The molecule has 0 saturated heterocycles. The lowest BCUT2D eigenvalue weighted by Crippen LogP contribution is -2.13. The molecule has 1 heterocycles. The molecule has 0 saturated carbocycles. The lowest BCUT2D eigenvalue weighted by atomic mass is 10.1. The van der Waals surface area contributed by atoms with Gasteiger partial charge < -0.3 is 19.2 Å². The van der Waals surface area contributed by atoms with Gasteiger partial charge in [0, 0.05) is 18.3 Å². The third-order valence-corrected chi connectivity index (χ3v) is 3.61. The van der Waals surface area contributed by atoms with Crippen molar-refractivity contribution in [3.63, 3.8) is 0 Å². The van der Waals surface area contributed by atoms with E-state index in [0.717, 1.165) is 5.69 Å². The molecule has 0 amide bonds. The number of para-hydroxylation sites is 1. The molecule has 0 bridgehead atoms. The number of anilines is 1. The monoisotopic (exact) mass is 311 g/mol. The average molecular weight is 311 g/mol. The highest BCUT2D eigenvalue weighted by Gasteiger charge is 2.12. The van der Waals surface area contributed by atoms with Crippen LogP contribution in [0.15, 0.2) is 57.9 Å². The Bertz CT molecular complexity index is 871. The second-order valence-electron chi connectivity index (χ2n) is 5.01. The van der Waals surface area contributed by atoms with Gasteiger partial charge in [-0.25, -0.2) is 0 Å². The van der Waals surface area contributed by atoms with Crippen molar-refractivity contribution in [3.8, 4) is 11.5 Å². The molecule has 23 heavy (non-hydrogen) atoms. The summed E-state index contributed by atoms with van der Waals surface area (Å²) in [7, 11) is 3.08. The van der Waals surface area contributed by atoms with E-state index < -0.39 is 0 Å². The van der Waals surface area contributed by atoms with Crippen molar-refractivity contribution in [3.05, 3.63) is 64.5 Å². The van der Waals surface area contributed by atoms with Crippen molar-refractivity contribution >= 4 is 16.7 Å². The number of rotatable bonds is 5. The maximum absolute atomic E-state index is 12.6. The van der Waals surface area contributed by atoms with E-state index in [1.165, 1.54) is 13.4 Å². The number of methoxy groups -OCH3 is 2. The average Bonchev–Trinajstić information content (AvgIpc) is 2.61. The summed E-state index contributed by atoms with van der Waals surface area (Å²) < 4.78 is 16.0. The highest BCUT2D eigenvalue weighted by Crippen LogP contribution is 2.31. The van der Waals surface area contributed by atoms with Crippen LogP contribution in [-0.2, 0) is 6.54 Å². The quantitative estimate of drug-likeness (QED) is 0.782. The number of benzene rings is 2. The standard InChI is InChI=1S/C18H17NO4/c1-21-16-8-14-15(9-17(16)22-2)23-11-12(18(14)20)10-19-13-6-4-3-5-7-13/h3-9,11,19H,10H2,1-2H3. The molecule has 0 aliphatic heterocycles. The molecule has 0 fully saturated rings. The van der Waals surface area contributed by atoms with Gasteiger partial charge in [-0.1, -0.05) is 18.2 Å².